The number of esters is 1. The molecular formula is C99H109ClN22O8. The summed E-state index contributed by atoms with van der Waals surface area (Å²) < 4.78 is 26.8. The molecule has 3 N–H and O–H groups in total. The standard InChI is InChI=1S/C22H26N4O2.C21H22N6O.C20H24N4O.C19H20N4O3.C17H17ClN4O/c1-15(27)25-10-7-21-19(14-25)22(23-26(21)16-8-11-28-12-9-16)18-13-24(2)20-6-4-3-5-17(18)20;1-13(28)27-7-6-20-18(12-27)21(24-26(20)3)17-10-22-19-5-4-14(8-16(17)19)15-9-23-25(2)11-15;1-13(2)24-12-16(15-7-5-6-8-19(15)24)20-17-11-23(14(3)25)10-9-18(17)22(4)21-20;1-11(24)23-7-5-17-15(10-23)18(21-22(17)2)14-8-12(19(25)26-3)9-16-13(14)4-6-20-16;1-10(23)22-8-6-15-13(9-22)16(20-21(15)2)11-3-4-14(18)17-12(11)5-7-19-17/h3-6,13,16H,7-12,14H2,1-2H3;4-5,8-11,22H,6-7,12H2,1-3H3;5-8,12-13H,9-11H2,1-4H3;4,6,8-9,20H,5,7,10H2,1-3H3;3-5,7,19H,6,8-9H2,1-2H3. The van der Waals surface area contributed by atoms with Crippen molar-refractivity contribution in [3.05, 3.63) is 213 Å². The highest BCUT2D eigenvalue weighted by atomic mass is 35.5. The van der Waals surface area contributed by atoms with Crippen molar-refractivity contribution in [3.8, 4) is 67.4 Å². The summed E-state index contributed by atoms with van der Waals surface area (Å²) in [7, 11) is 13.3. The minimum Gasteiger partial charge on any atom is -0.465 e. The van der Waals surface area contributed by atoms with E-state index in [1.165, 1.54) is 62.8 Å². The van der Waals surface area contributed by atoms with Gasteiger partial charge >= 0.3 is 5.97 Å². The Morgan fingerprint density at radius 3 is 1.44 bits per heavy atom. The highest BCUT2D eigenvalue weighted by Gasteiger charge is 2.36. The van der Waals surface area contributed by atoms with Crippen molar-refractivity contribution in [2.45, 2.75) is 138 Å². The van der Waals surface area contributed by atoms with E-state index in [4.69, 9.17) is 46.6 Å². The summed E-state index contributed by atoms with van der Waals surface area (Å²) >= 11 is 6.26. The van der Waals surface area contributed by atoms with Crippen molar-refractivity contribution in [2.24, 2.45) is 42.3 Å². The van der Waals surface area contributed by atoms with Crippen LogP contribution in [0.15, 0.2) is 147 Å². The van der Waals surface area contributed by atoms with Gasteiger partial charge in [0.2, 0.25) is 29.5 Å². The Balaban J connectivity index is 0.000000110. The molecule has 130 heavy (non-hydrogen) atoms. The number of fused-ring (bicyclic) bond motifs is 10. The fraction of sp³-hybridized carbons (Fsp3) is 0.354. The molecule has 5 aromatic carbocycles. The molecule has 11 aromatic heterocycles. The first kappa shape index (κ1) is 86.8. The van der Waals surface area contributed by atoms with Crippen LogP contribution in [0.25, 0.3) is 122 Å². The molecule has 30 nitrogen and oxygen atoms in total. The van der Waals surface area contributed by atoms with Crippen molar-refractivity contribution in [2.75, 3.05) is 53.0 Å². The molecule has 17 heterocycles. The Hall–Kier alpha value is -13.9. The maximum atomic E-state index is 12.1. The average Bonchev–Trinajstić information content (AvgIpc) is 1.49. The van der Waals surface area contributed by atoms with Gasteiger partial charge in [-0.3, -0.25) is 52.1 Å². The van der Waals surface area contributed by atoms with Gasteiger partial charge in [-0.2, -0.15) is 30.6 Å². The summed E-state index contributed by atoms with van der Waals surface area (Å²) in [6, 6.07) is 35.6. The molecule has 22 rings (SSSR count). The first-order chi connectivity index (χ1) is 62.7. The number of hydrogen-bond donors (Lipinski definition) is 3. The number of ether oxygens (including phenoxy) is 2. The first-order valence-corrected chi connectivity index (χ1v) is 44.9. The third-order valence-corrected chi connectivity index (χ3v) is 27.1. The van der Waals surface area contributed by atoms with E-state index in [-0.39, 0.29) is 29.5 Å². The van der Waals surface area contributed by atoms with Crippen molar-refractivity contribution in [1.29, 1.82) is 0 Å². The maximum Gasteiger partial charge on any atom is 0.337 e. The highest BCUT2D eigenvalue weighted by molar-refractivity contribution is 6.35. The van der Waals surface area contributed by atoms with Gasteiger partial charge in [-0.05, 0) is 86.8 Å². The zero-order valence-corrected chi connectivity index (χ0v) is 76.8. The van der Waals surface area contributed by atoms with Crippen LogP contribution < -0.4 is 0 Å². The fourth-order valence-corrected chi connectivity index (χ4v) is 20.0. The number of hydrogen-bond acceptors (Lipinski definition) is 14. The number of rotatable bonds is 9. The van der Waals surface area contributed by atoms with Crippen LogP contribution in [0.4, 0.5) is 0 Å². The van der Waals surface area contributed by atoms with Crippen LogP contribution in [0.2, 0.25) is 5.02 Å². The average molecular weight is 1770 g/mol. The number of nitrogens with zero attached hydrogens (tertiary/aromatic N) is 19. The molecule has 5 amide bonds. The molecule has 1 saturated heterocycles. The normalized spacial score (nSPS) is 14.9. The highest BCUT2D eigenvalue weighted by Crippen LogP contribution is 2.44. The van der Waals surface area contributed by atoms with E-state index < -0.39 is 5.97 Å². The monoisotopic (exact) mass is 1770 g/mol. The molecule has 0 atom stereocenters. The lowest BCUT2D eigenvalue weighted by Crippen LogP contribution is -2.35. The Labute approximate surface area is 757 Å². The predicted molar refractivity (Wildman–Crippen MR) is 502 cm³/mol. The SMILES string of the molecule is CC(=O)N1CCc2c(c(-c3c[nH]c4ccc(-c5cnn(C)c5)cc34)nn2C)C1.CC(=O)N1CCc2c(c(-c3ccc(Cl)c4[nH]ccc34)nn2C)C1.CC(=O)N1CCc2c(c(-c3cn(C(C)C)c4ccccc34)nn2C)C1.CC(=O)N1CCc2c(c(-c3cn(C)c4ccccc34)nn2C2CCOCC2)C1.COC(=O)c1cc(-c2nn(C)c3c2CN(C(C)=O)CC3)c2cc[nH]c2c1. The van der Waals surface area contributed by atoms with Crippen molar-refractivity contribution in [3.63, 3.8) is 0 Å². The number of carbonyl (C=O) groups is 6. The zero-order valence-electron chi connectivity index (χ0n) is 76.1. The predicted octanol–water partition coefficient (Wildman–Crippen LogP) is 15.1. The fourth-order valence-electron chi connectivity index (χ4n) is 19.8. The molecule has 0 bridgehead atoms. The number of nitrogens with one attached hydrogen (secondary N) is 3. The summed E-state index contributed by atoms with van der Waals surface area (Å²) in [4.78, 5) is 90.7. The molecule has 0 unspecified atom stereocenters. The Morgan fingerprint density at radius 1 is 0.446 bits per heavy atom. The molecule has 0 saturated carbocycles. The van der Waals surface area contributed by atoms with Gasteiger partial charge in [0.1, 0.15) is 0 Å². The van der Waals surface area contributed by atoms with E-state index in [1.54, 1.807) is 40.7 Å². The summed E-state index contributed by atoms with van der Waals surface area (Å²) in [6.07, 6.45) is 20.2. The van der Waals surface area contributed by atoms with Gasteiger partial charge in [-0.1, -0.05) is 60.1 Å². The lowest BCUT2D eigenvalue weighted by Gasteiger charge is -2.29. The van der Waals surface area contributed by atoms with E-state index in [2.05, 4.69) is 134 Å². The number of aryl methyl sites for hydroxylation is 6. The van der Waals surface area contributed by atoms with Gasteiger partial charge in [0, 0.05) is 370 Å². The lowest BCUT2D eigenvalue weighted by atomic mass is 9.97. The summed E-state index contributed by atoms with van der Waals surface area (Å²) in [5.74, 6) is 0.142. The maximum absolute atomic E-state index is 12.1. The lowest BCUT2D eigenvalue weighted by molar-refractivity contribution is -0.130. The Morgan fingerprint density at radius 2 is 0.915 bits per heavy atom. The van der Waals surface area contributed by atoms with Gasteiger partial charge in [0.15, 0.2) is 0 Å². The first-order valence-electron chi connectivity index (χ1n) is 44.5. The minimum atomic E-state index is -0.391. The van der Waals surface area contributed by atoms with Gasteiger partial charge in [-0.15, -0.1) is 0 Å². The van der Waals surface area contributed by atoms with Gasteiger partial charge in [-0.25, -0.2) is 4.79 Å². The number of halogens is 1. The van der Waals surface area contributed by atoms with E-state index in [1.807, 2.05) is 144 Å². The molecule has 16 aromatic rings. The number of methoxy groups -OCH3 is 1. The second kappa shape index (κ2) is 35.6. The third kappa shape index (κ3) is 16.3. The second-order valence-corrected chi connectivity index (χ2v) is 35.4. The molecular weight excluding hydrogens is 1660 g/mol. The Bertz CT molecular complexity index is 7110. The number of benzene rings is 5. The summed E-state index contributed by atoms with van der Waals surface area (Å²) in [6.45, 7) is 20.9. The molecule has 0 radical (unpaired) electrons. The van der Waals surface area contributed by atoms with Crippen LogP contribution in [0.1, 0.15) is 140 Å². The number of para-hydroxylation sites is 2. The van der Waals surface area contributed by atoms with Crippen LogP contribution in [-0.4, -0.2) is 196 Å². The zero-order chi connectivity index (χ0) is 90.9. The van der Waals surface area contributed by atoms with Crippen molar-refractivity contribution < 1.29 is 38.2 Å². The van der Waals surface area contributed by atoms with Crippen LogP contribution in [0, 0.1) is 0 Å². The van der Waals surface area contributed by atoms with E-state index in [0.29, 0.717) is 61.9 Å². The van der Waals surface area contributed by atoms with Crippen LogP contribution in [0.3, 0.4) is 0 Å². The van der Waals surface area contributed by atoms with Gasteiger partial charge < -0.3 is 58.1 Å². The van der Waals surface area contributed by atoms with Gasteiger partial charge in [0.25, 0.3) is 0 Å². The van der Waals surface area contributed by atoms with Crippen LogP contribution in [0.5, 0.6) is 0 Å². The molecule has 0 spiro atoms. The van der Waals surface area contributed by atoms with Crippen LogP contribution in [-0.2, 0) is 141 Å². The number of aromatic amines is 3. The van der Waals surface area contributed by atoms with Crippen LogP contribution >= 0.6 is 11.6 Å². The third-order valence-electron chi connectivity index (χ3n) is 26.8. The second-order valence-electron chi connectivity index (χ2n) is 35.0. The molecule has 6 aliphatic heterocycles. The molecule has 6 aliphatic rings. The van der Waals surface area contributed by atoms with E-state index in [0.717, 1.165) is 207 Å². The van der Waals surface area contributed by atoms with E-state index >= 15 is 0 Å². The number of aromatic nitrogens is 17. The molecule has 0 aliphatic carbocycles. The molecule has 1 fully saturated rings. The minimum absolute atomic E-state index is 0.0561. The molecule has 670 valence electrons. The quantitative estimate of drug-likeness (QED) is 0.113. The van der Waals surface area contributed by atoms with E-state index in [9.17, 15) is 28.8 Å². The molecule has 31 heteroatoms. The summed E-state index contributed by atoms with van der Waals surface area (Å²) in [5.41, 5.74) is 29.8. The Kier molecular flexibility index (Phi) is 23.8. The topological polar surface area (TPSA) is 301 Å². The number of carbonyl (C=O) groups excluding carboxylic acids is 6. The largest absolute Gasteiger partial charge is 0.465 e. The smallest absolute Gasteiger partial charge is 0.337 e. The van der Waals surface area contributed by atoms with Crippen molar-refractivity contribution in [1.82, 2.24) is 107 Å². The van der Waals surface area contributed by atoms with Gasteiger partial charge in [0.05, 0.1) is 63.9 Å². The summed E-state index contributed by atoms with van der Waals surface area (Å²) in [5, 5.41) is 34.9. The number of amides is 5. The number of H-pyrrole nitrogens is 3. The van der Waals surface area contributed by atoms with Crippen molar-refractivity contribution >= 4 is 102 Å².